The SMILES string of the molecule is Cn1c(C[N+](C)(C)Cc2ccccc2)cc(/C=C/C(=O)N2CC(CCl)c3c2cc(N)c2ccccc32)c1[N+](=O)[O-]. The summed E-state index contributed by atoms with van der Waals surface area (Å²) in [6.45, 7) is 1.78. The molecule has 0 aliphatic carbocycles. The van der Waals surface area contributed by atoms with Crippen LogP contribution in [0.4, 0.5) is 17.2 Å². The summed E-state index contributed by atoms with van der Waals surface area (Å²) in [6.07, 6.45) is 2.95. The lowest BCUT2D eigenvalue weighted by Crippen LogP contribution is -2.38. The number of benzene rings is 3. The van der Waals surface area contributed by atoms with Crippen LogP contribution in [-0.4, -0.2) is 46.4 Å². The van der Waals surface area contributed by atoms with Gasteiger partial charge in [0.1, 0.15) is 13.1 Å². The fourth-order valence-corrected chi connectivity index (χ4v) is 6.06. The van der Waals surface area contributed by atoms with Crippen molar-refractivity contribution in [3.63, 3.8) is 0 Å². The average Bonchev–Trinajstić information content (AvgIpc) is 3.44. The van der Waals surface area contributed by atoms with Gasteiger partial charge in [0.05, 0.1) is 32.4 Å². The van der Waals surface area contributed by atoms with Crippen molar-refractivity contribution in [2.24, 2.45) is 7.05 Å². The summed E-state index contributed by atoms with van der Waals surface area (Å²) in [6, 6.07) is 21.6. The Kier molecular flexibility index (Phi) is 7.40. The molecule has 0 radical (unpaired) electrons. The van der Waals surface area contributed by atoms with E-state index in [1.54, 1.807) is 28.7 Å². The van der Waals surface area contributed by atoms with E-state index in [9.17, 15) is 14.9 Å². The van der Waals surface area contributed by atoms with Gasteiger partial charge >= 0.3 is 5.82 Å². The van der Waals surface area contributed by atoms with Crippen LogP contribution >= 0.6 is 11.6 Å². The second-order valence-corrected chi connectivity index (χ2v) is 11.4. The van der Waals surface area contributed by atoms with Crippen molar-refractivity contribution in [3.05, 3.63) is 105 Å². The van der Waals surface area contributed by atoms with Crippen molar-refractivity contribution in [1.29, 1.82) is 0 Å². The van der Waals surface area contributed by atoms with Crippen molar-refractivity contribution >= 4 is 51.5 Å². The smallest absolute Gasteiger partial charge is 0.330 e. The molecule has 8 nitrogen and oxygen atoms in total. The number of nitrogen functional groups attached to an aromatic ring is 1. The third kappa shape index (κ3) is 5.20. The second-order valence-electron chi connectivity index (χ2n) is 11.0. The number of amides is 1. The van der Waals surface area contributed by atoms with Gasteiger partial charge < -0.3 is 25.2 Å². The van der Waals surface area contributed by atoms with Crippen LogP contribution in [-0.2, 0) is 24.9 Å². The summed E-state index contributed by atoms with van der Waals surface area (Å²) in [4.78, 5) is 26.8. The molecule has 2 heterocycles. The molecule has 1 aliphatic rings. The predicted molar refractivity (Wildman–Crippen MR) is 161 cm³/mol. The number of fused-ring (bicyclic) bond motifs is 3. The number of halogens is 1. The lowest BCUT2D eigenvalue weighted by atomic mass is 9.95. The van der Waals surface area contributed by atoms with Crippen LogP contribution in [0.15, 0.2) is 72.8 Å². The molecule has 0 spiro atoms. The van der Waals surface area contributed by atoms with Crippen LogP contribution in [0.5, 0.6) is 0 Å². The summed E-state index contributed by atoms with van der Waals surface area (Å²) >= 11 is 6.33. The van der Waals surface area contributed by atoms with Crippen LogP contribution in [0.25, 0.3) is 16.8 Å². The first-order valence-corrected chi connectivity index (χ1v) is 13.7. The number of nitrogens with two attached hydrogens (primary N) is 1. The van der Waals surface area contributed by atoms with Gasteiger partial charge in [-0.05, 0) is 28.0 Å². The number of nitro groups is 1. The minimum Gasteiger partial charge on any atom is -0.398 e. The number of quaternary nitrogens is 1. The number of nitrogens with zero attached hydrogens (tertiary/aromatic N) is 4. The van der Waals surface area contributed by atoms with Gasteiger partial charge in [0.2, 0.25) is 0 Å². The van der Waals surface area contributed by atoms with E-state index in [0.29, 0.717) is 34.7 Å². The summed E-state index contributed by atoms with van der Waals surface area (Å²) in [7, 11) is 5.89. The fraction of sp³-hybridized carbons (Fsp3) is 0.258. The highest BCUT2D eigenvalue weighted by Gasteiger charge is 2.34. The van der Waals surface area contributed by atoms with Gasteiger partial charge in [-0.25, -0.2) is 4.57 Å². The van der Waals surface area contributed by atoms with Crippen LogP contribution in [0, 0.1) is 10.1 Å². The van der Waals surface area contributed by atoms with Crippen LogP contribution in [0.3, 0.4) is 0 Å². The molecule has 9 heteroatoms. The zero-order chi connectivity index (χ0) is 28.6. The summed E-state index contributed by atoms with van der Waals surface area (Å²) in [5.74, 6) is -0.00134. The van der Waals surface area contributed by atoms with E-state index in [1.165, 1.54) is 11.6 Å². The van der Waals surface area contributed by atoms with Crippen molar-refractivity contribution in [1.82, 2.24) is 4.57 Å². The first-order chi connectivity index (χ1) is 19.1. The van der Waals surface area contributed by atoms with Gasteiger partial charge in [-0.3, -0.25) is 4.79 Å². The number of anilines is 2. The van der Waals surface area contributed by atoms with Gasteiger partial charge in [0.25, 0.3) is 5.91 Å². The van der Waals surface area contributed by atoms with E-state index in [2.05, 4.69) is 26.2 Å². The predicted octanol–water partition coefficient (Wildman–Crippen LogP) is 5.83. The molecule has 40 heavy (non-hydrogen) atoms. The third-order valence-electron chi connectivity index (χ3n) is 7.60. The number of rotatable bonds is 8. The molecule has 1 unspecified atom stereocenters. The van der Waals surface area contributed by atoms with Crippen molar-refractivity contribution in [3.8, 4) is 0 Å². The Morgan fingerprint density at radius 1 is 1.10 bits per heavy atom. The Morgan fingerprint density at radius 3 is 2.45 bits per heavy atom. The van der Waals surface area contributed by atoms with E-state index >= 15 is 0 Å². The van der Waals surface area contributed by atoms with Gasteiger partial charge in [0, 0.05) is 47.1 Å². The standard InChI is InChI=1S/C31H33ClN5O3/c1-34-24(20-37(2,3)19-21-9-5-4-6-10-21)15-22(31(34)36(39)40)13-14-29(38)35-18-23(17-32)30-26-12-8-7-11-25(26)27(33)16-28(30)35/h4-16,23H,17-20,33H2,1-3H3/q+1/b14-13+. The van der Waals surface area contributed by atoms with Crippen LogP contribution in [0.1, 0.15) is 28.3 Å². The molecule has 206 valence electrons. The lowest BCUT2D eigenvalue weighted by molar-refractivity contribution is -0.917. The molecule has 1 atom stereocenters. The molecule has 1 amide bonds. The van der Waals surface area contributed by atoms with Crippen molar-refractivity contribution in [2.75, 3.05) is 37.2 Å². The number of alkyl halides is 1. The van der Waals surface area contributed by atoms with Gasteiger partial charge in [-0.1, -0.05) is 54.6 Å². The van der Waals surface area contributed by atoms with Gasteiger partial charge in [-0.15, -0.1) is 11.6 Å². The van der Waals surface area contributed by atoms with Crippen LogP contribution in [0.2, 0.25) is 0 Å². The Bertz CT molecular complexity index is 1630. The number of carbonyl (C=O) groups excluding carboxylic acids is 1. The van der Waals surface area contributed by atoms with Crippen LogP contribution < -0.4 is 10.6 Å². The lowest BCUT2D eigenvalue weighted by Gasteiger charge is -2.29. The first kappa shape index (κ1) is 27.4. The molecular formula is C31H33ClN5O3+. The van der Waals surface area contributed by atoms with E-state index < -0.39 is 4.92 Å². The minimum absolute atomic E-state index is 0.0400. The molecule has 5 rings (SSSR count). The summed E-state index contributed by atoms with van der Waals surface area (Å²) < 4.78 is 2.22. The zero-order valence-corrected chi connectivity index (χ0v) is 23.6. The van der Waals surface area contributed by atoms with E-state index in [1.807, 2.05) is 48.5 Å². The molecule has 3 aromatic carbocycles. The van der Waals surface area contributed by atoms with E-state index in [4.69, 9.17) is 17.3 Å². The van der Waals surface area contributed by atoms with Gasteiger partial charge in [-0.2, -0.15) is 0 Å². The number of hydrogen-bond acceptors (Lipinski definition) is 4. The second kappa shape index (κ2) is 10.8. The highest BCUT2D eigenvalue weighted by Crippen LogP contribution is 2.44. The molecule has 0 fully saturated rings. The Morgan fingerprint density at radius 2 is 1.77 bits per heavy atom. The fourth-order valence-electron chi connectivity index (χ4n) is 5.80. The Hall–Kier alpha value is -4.14. The maximum atomic E-state index is 13.5. The Balaban J connectivity index is 1.43. The average molecular weight is 559 g/mol. The maximum absolute atomic E-state index is 13.5. The van der Waals surface area contributed by atoms with Crippen molar-refractivity contribution in [2.45, 2.75) is 19.0 Å². The third-order valence-corrected chi connectivity index (χ3v) is 7.97. The monoisotopic (exact) mass is 558 g/mol. The zero-order valence-electron chi connectivity index (χ0n) is 22.9. The molecule has 0 saturated heterocycles. The molecule has 2 N–H and O–H groups in total. The molecule has 0 saturated carbocycles. The largest absolute Gasteiger partial charge is 0.398 e. The minimum atomic E-state index is -0.396. The topological polar surface area (TPSA) is 94.4 Å². The number of hydrogen-bond donors (Lipinski definition) is 1. The number of aromatic nitrogens is 1. The molecule has 1 aliphatic heterocycles. The Labute approximate surface area is 238 Å². The summed E-state index contributed by atoms with van der Waals surface area (Å²) in [5.41, 5.74) is 11.1. The highest BCUT2D eigenvalue weighted by molar-refractivity contribution is 6.19. The van der Waals surface area contributed by atoms with Gasteiger partial charge in [0.15, 0.2) is 5.69 Å². The van der Waals surface area contributed by atoms with Crippen molar-refractivity contribution < 1.29 is 14.2 Å². The first-order valence-electron chi connectivity index (χ1n) is 13.1. The maximum Gasteiger partial charge on any atom is 0.330 e. The highest BCUT2D eigenvalue weighted by atomic mass is 35.5. The quantitative estimate of drug-likeness (QED) is 0.0735. The molecule has 4 aromatic rings. The molecule has 0 bridgehead atoms. The summed E-state index contributed by atoms with van der Waals surface area (Å²) in [5, 5.41) is 14.0. The number of carbonyl (C=O) groups is 1. The normalized spacial score (nSPS) is 15.2. The van der Waals surface area contributed by atoms with E-state index in [0.717, 1.165) is 34.3 Å². The molecule has 1 aromatic heterocycles. The molecular weight excluding hydrogens is 526 g/mol. The van der Waals surface area contributed by atoms with E-state index in [-0.39, 0.29) is 17.6 Å².